The molecule has 0 saturated heterocycles. The Morgan fingerprint density at radius 2 is 1.86 bits per heavy atom. The summed E-state index contributed by atoms with van der Waals surface area (Å²) >= 11 is 0. The Morgan fingerprint density at radius 3 is 2.29 bits per heavy atom. The van der Waals surface area contributed by atoms with Crippen LogP contribution >= 0.6 is 0 Å². The van der Waals surface area contributed by atoms with Crippen LogP contribution < -0.4 is 10.9 Å². The number of halogens is 1. The molecule has 1 rings (SSSR count). The molecule has 0 aliphatic carbocycles. The third-order valence-electron chi connectivity index (χ3n) is 1.48. The third-order valence-corrected chi connectivity index (χ3v) is 2.38. The van der Waals surface area contributed by atoms with Gasteiger partial charge in [0.15, 0.2) is 0 Å². The van der Waals surface area contributed by atoms with Gasteiger partial charge in [-0.3, -0.25) is 4.79 Å². The Hall–Kier alpha value is -1.47. The second-order valence-corrected chi connectivity index (χ2v) is 4.15. The number of hydrogen-bond acceptors (Lipinski definition) is 3. The Bertz CT molecular complexity index is 484. The maximum Gasteiger partial charge on any atom is 0.248 e. The van der Waals surface area contributed by atoms with Gasteiger partial charge < -0.3 is 5.73 Å². The molecule has 0 aromatic heterocycles. The van der Waals surface area contributed by atoms with Crippen molar-refractivity contribution in [1.29, 1.82) is 0 Å². The number of primary amides is 1. The lowest BCUT2D eigenvalue weighted by Crippen LogP contribution is -2.16. The molecule has 0 heterocycles. The fraction of sp³-hybridized carbons (Fsp3) is 0. The largest absolute Gasteiger partial charge is 0.366 e. The van der Waals surface area contributed by atoms with E-state index in [9.17, 15) is 17.6 Å². The molecule has 0 atom stereocenters. The summed E-state index contributed by atoms with van der Waals surface area (Å²) in [5.74, 6) is -1.81. The van der Waals surface area contributed by atoms with E-state index < -0.39 is 26.6 Å². The van der Waals surface area contributed by atoms with Gasteiger partial charge in [0.2, 0.25) is 15.9 Å². The number of rotatable bonds is 2. The number of benzene rings is 1. The van der Waals surface area contributed by atoms with Crippen molar-refractivity contribution in [2.75, 3.05) is 0 Å². The predicted molar refractivity (Wildman–Crippen MR) is 46.3 cm³/mol. The number of carbonyl (C=O) groups is 1. The summed E-state index contributed by atoms with van der Waals surface area (Å²) < 4.78 is 34.4. The van der Waals surface area contributed by atoms with Gasteiger partial charge in [0.1, 0.15) is 5.82 Å². The first-order valence-corrected chi connectivity index (χ1v) is 4.98. The SMILES string of the molecule is NC(=O)c1cc(F)cc(S(N)(=O)=O)c1. The van der Waals surface area contributed by atoms with E-state index in [1.807, 2.05) is 0 Å². The molecule has 0 radical (unpaired) electrons. The molecular formula is C7H7FN2O3S. The van der Waals surface area contributed by atoms with Crippen molar-refractivity contribution in [1.82, 2.24) is 0 Å². The fourth-order valence-corrected chi connectivity index (χ4v) is 1.44. The quantitative estimate of drug-likeness (QED) is 0.703. The van der Waals surface area contributed by atoms with Gasteiger partial charge in [-0.25, -0.2) is 17.9 Å². The van der Waals surface area contributed by atoms with Crippen molar-refractivity contribution in [3.8, 4) is 0 Å². The van der Waals surface area contributed by atoms with Crippen molar-refractivity contribution in [3.63, 3.8) is 0 Å². The van der Waals surface area contributed by atoms with Crippen LogP contribution in [0.3, 0.4) is 0 Å². The van der Waals surface area contributed by atoms with Crippen molar-refractivity contribution in [2.24, 2.45) is 10.9 Å². The molecule has 4 N–H and O–H groups in total. The molecule has 0 bridgehead atoms. The molecule has 0 saturated carbocycles. The first kappa shape index (κ1) is 10.6. The summed E-state index contributed by atoms with van der Waals surface area (Å²) in [6.07, 6.45) is 0. The summed E-state index contributed by atoms with van der Waals surface area (Å²) in [5.41, 5.74) is 4.61. The highest BCUT2D eigenvalue weighted by Crippen LogP contribution is 2.12. The smallest absolute Gasteiger partial charge is 0.248 e. The second kappa shape index (κ2) is 3.35. The van der Waals surface area contributed by atoms with Crippen LogP contribution in [-0.2, 0) is 10.0 Å². The summed E-state index contributed by atoms with van der Waals surface area (Å²) in [7, 11) is -4.03. The molecule has 1 amide bonds. The monoisotopic (exact) mass is 218 g/mol. The van der Waals surface area contributed by atoms with E-state index >= 15 is 0 Å². The maximum absolute atomic E-state index is 12.8. The van der Waals surface area contributed by atoms with E-state index in [2.05, 4.69) is 0 Å². The van der Waals surface area contributed by atoms with E-state index in [1.54, 1.807) is 0 Å². The molecule has 7 heteroatoms. The van der Waals surface area contributed by atoms with Gasteiger partial charge in [-0.2, -0.15) is 0 Å². The minimum absolute atomic E-state index is 0.242. The zero-order valence-electron chi connectivity index (χ0n) is 6.90. The number of carbonyl (C=O) groups excluding carboxylic acids is 1. The Balaban J connectivity index is 3.43. The highest BCUT2D eigenvalue weighted by atomic mass is 32.2. The molecule has 14 heavy (non-hydrogen) atoms. The Labute approximate surface area is 79.6 Å². The lowest BCUT2D eigenvalue weighted by atomic mass is 10.2. The molecule has 1 aromatic carbocycles. The van der Waals surface area contributed by atoms with Crippen molar-refractivity contribution in [2.45, 2.75) is 4.90 Å². The van der Waals surface area contributed by atoms with Crippen molar-refractivity contribution >= 4 is 15.9 Å². The van der Waals surface area contributed by atoms with Gasteiger partial charge >= 0.3 is 0 Å². The number of primary sulfonamides is 1. The van der Waals surface area contributed by atoms with Crippen LogP contribution in [0.1, 0.15) is 10.4 Å². The third kappa shape index (κ3) is 2.27. The Morgan fingerprint density at radius 1 is 1.29 bits per heavy atom. The Kier molecular flexibility index (Phi) is 2.54. The zero-order valence-corrected chi connectivity index (χ0v) is 7.71. The molecule has 5 nitrogen and oxygen atoms in total. The number of nitrogens with two attached hydrogens (primary N) is 2. The standard InChI is InChI=1S/C7H7FN2O3S/c8-5-1-4(7(9)11)2-6(3-5)14(10,12)13/h1-3H,(H2,9,11)(H2,10,12,13). The molecular weight excluding hydrogens is 211 g/mol. The summed E-state index contributed by atoms with van der Waals surface area (Å²) in [5, 5.41) is 4.75. The summed E-state index contributed by atoms with van der Waals surface area (Å²) in [4.78, 5) is 10.2. The van der Waals surface area contributed by atoms with Gasteiger partial charge in [0.05, 0.1) is 4.90 Å². The van der Waals surface area contributed by atoms with Gasteiger partial charge in [-0.15, -0.1) is 0 Å². The highest BCUT2D eigenvalue weighted by Gasteiger charge is 2.12. The zero-order chi connectivity index (χ0) is 10.9. The molecule has 76 valence electrons. The normalized spacial score (nSPS) is 11.3. The molecule has 0 unspecified atom stereocenters. The van der Waals surface area contributed by atoms with Crippen LogP contribution in [-0.4, -0.2) is 14.3 Å². The van der Waals surface area contributed by atoms with Crippen LogP contribution in [0.5, 0.6) is 0 Å². The molecule has 0 aliphatic heterocycles. The van der Waals surface area contributed by atoms with Crippen LogP contribution in [0, 0.1) is 5.82 Å². The lowest BCUT2D eigenvalue weighted by molar-refractivity contribution is 0.0999. The molecule has 0 aliphatic rings. The van der Waals surface area contributed by atoms with Gasteiger partial charge in [0.25, 0.3) is 0 Å². The van der Waals surface area contributed by atoms with Crippen LogP contribution in [0.4, 0.5) is 4.39 Å². The predicted octanol–water partition coefficient (Wildman–Crippen LogP) is -0.428. The van der Waals surface area contributed by atoms with Gasteiger partial charge in [0, 0.05) is 5.56 Å². The lowest BCUT2D eigenvalue weighted by Gasteiger charge is -2.00. The van der Waals surface area contributed by atoms with E-state index in [-0.39, 0.29) is 5.56 Å². The van der Waals surface area contributed by atoms with Gasteiger partial charge in [-0.05, 0) is 18.2 Å². The average molecular weight is 218 g/mol. The number of sulfonamides is 1. The van der Waals surface area contributed by atoms with Crippen LogP contribution in [0.25, 0.3) is 0 Å². The molecule has 1 aromatic rings. The minimum atomic E-state index is -4.03. The van der Waals surface area contributed by atoms with Gasteiger partial charge in [-0.1, -0.05) is 0 Å². The van der Waals surface area contributed by atoms with E-state index in [0.29, 0.717) is 6.07 Å². The average Bonchev–Trinajstić information content (AvgIpc) is 2.01. The molecule has 0 fully saturated rings. The fourth-order valence-electron chi connectivity index (χ4n) is 0.869. The van der Waals surface area contributed by atoms with E-state index in [1.165, 1.54) is 0 Å². The molecule has 0 spiro atoms. The van der Waals surface area contributed by atoms with Crippen molar-refractivity contribution in [3.05, 3.63) is 29.6 Å². The summed E-state index contributed by atoms with van der Waals surface area (Å²) in [6.45, 7) is 0. The minimum Gasteiger partial charge on any atom is -0.366 e. The van der Waals surface area contributed by atoms with Crippen LogP contribution in [0.2, 0.25) is 0 Å². The van der Waals surface area contributed by atoms with E-state index in [4.69, 9.17) is 10.9 Å². The van der Waals surface area contributed by atoms with E-state index in [0.717, 1.165) is 12.1 Å². The first-order valence-electron chi connectivity index (χ1n) is 3.44. The number of hydrogen-bond donors (Lipinski definition) is 2. The maximum atomic E-state index is 12.8. The summed E-state index contributed by atoms with van der Waals surface area (Å²) in [6, 6.07) is 2.46. The van der Waals surface area contributed by atoms with Crippen LogP contribution in [0.15, 0.2) is 23.1 Å². The highest BCUT2D eigenvalue weighted by molar-refractivity contribution is 7.89. The van der Waals surface area contributed by atoms with Crippen molar-refractivity contribution < 1.29 is 17.6 Å². The number of amides is 1. The second-order valence-electron chi connectivity index (χ2n) is 2.58. The topological polar surface area (TPSA) is 103 Å². The first-order chi connectivity index (χ1) is 6.30.